The zero-order chi connectivity index (χ0) is 21.7. The molecule has 0 saturated heterocycles. The number of aryl methyl sites for hydroxylation is 4. The second-order valence-electron chi connectivity index (χ2n) is 6.93. The van der Waals surface area contributed by atoms with Crippen LogP contribution in [0.4, 0.5) is 35.1 Å². The summed E-state index contributed by atoms with van der Waals surface area (Å²) in [6.07, 6.45) is 0. The van der Waals surface area contributed by atoms with E-state index in [1.807, 2.05) is 0 Å². The van der Waals surface area contributed by atoms with Gasteiger partial charge < -0.3 is 0 Å². The summed E-state index contributed by atoms with van der Waals surface area (Å²) < 4.78 is 116. The van der Waals surface area contributed by atoms with Gasteiger partial charge in [-0.3, -0.25) is 0 Å². The van der Waals surface area contributed by atoms with E-state index in [0.29, 0.717) is 12.1 Å². The van der Waals surface area contributed by atoms with Crippen LogP contribution in [-0.4, -0.2) is 11.8 Å². The Balaban J connectivity index is 2.67. The van der Waals surface area contributed by atoms with Crippen molar-refractivity contribution in [2.24, 2.45) is 0 Å². The van der Waals surface area contributed by atoms with Crippen LogP contribution in [0.3, 0.4) is 0 Å². The maximum atomic E-state index is 14.5. The lowest BCUT2D eigenvalue weighted by Crippen LogP contribution is -2.60. The fourth-order valence-electron chi connectivity index (χ4n) is 2.88. The third kappa shape index (κ3) is 3.16. The number of rotatable bonds is 5. The molecule has 2 aromatic carbocycles. The Bertz CT molecular complexity index is 810. The molecule has 0 aromatic heterocycles. The van der Waals surface area contributed by atoms with Crippen LogP contribution >= 0.6 is 0 Å². The molecule has 0 heterocycles. The largest absolute Gasteiger partial charge is 0.382 e. The van der Waals surface area contributed by atoms with Crippen molar-refractivity contribution in [1.82, 2.24) is 0 Å². The van der Waals surface area contributed by atoms with E-state index in [4.69, 9.17) is 0 Å². The Hall–Kier alpha value is -2.12. The molecule has 0 saturated carbocycles. The third-order valence-corrected chi connectivity index (χ3v) is 4.65. The Morgan fingerprint density at radius 2 is 0.786 bits per heavy atom. The quantitative estimate of drug-likeness (QED) is 0.462. The Kier molecular flexibility index (Phi) is 5.34. The Morgan fingerprint density at radius 1 is 0.500 bits per heavy atom. The molecule has 0 fully saturated rings. The van der Waals surface area contributed by atoms with Crippen molar-refractivity contribution in [3.8, 4) is 0 Å². The van der Waals surface area contributed by atoms with E-state index in [1.54, 1.807) is 0 Å². The van der Waals surface area contributed by atoms with Gasteiger partial charge in [0.25, 0.3) is 0 Å². The Labute approximate surface area is 157 Å². The van der Waals surface area contributed by atoms with E-state index in [9.17, 15) is 35.1 Å². The van der Waals surface area contributed by atoms with Crippen molar-refractivity contribution < 1.29 is 35.1 Å². The van der Waals surface area contributed by atoms with Crippen LogP contribution in [-0.2, 0) is 11.8 Å². The first-order valence-electron chi connectivity index (χ1n) is 8.24. The van der Waals surface area contributed by atoms with Crippen molar-refractivity contribution in [3.05, 3.63) is 69.8 Å². The molecule has 0 amide bonds. The van der Waals surface area contributed by atoms with E-state index < -0.39 is 45.9 Å². The zero-order valence-corrected chi connectivity index (χ0v) is 15.5. The lowest BCUT2D eigenvalue weighted by Gasteiger charge is -2.38. The number of halogens is 8. The van der Waals surface area contributed by atoms with Crippen LogP contribution < -0.4 is 0 Å². The standard InChI is InChI=1S/C20H18F8/c1-11-5-7-13(3)15(9-11)17(21,22)19(25,26)20(27,28)18(23,24)16-10-12(2)6-8-14(16)4/h5-10H,1-4H3. The molecule has 2 rings (SSSR count). The molecule has 0 aliphatic heterocycles. The van der Waals surface area contributed by atoms with Crippen molar-refractivity contribution >= 4 is 0 Å². The molecular weight excluding hydrogens is 392 g/mol. The molecule has 8 heteroatoms. The smallest absolute Gasteiger partial charge is 0.194 e. The maximum Gasteiger partial charge on any atom is 0.382 e. The van der Waals surface area contributed by atoms with E-state index in [2.05, 4.69) is 0 Å². The highest BCUT2D eigenvalue weighted by atomic mass is 19.4. The molecule has 154 valence electrons. The number of alkyl halides is 8. The fourth-order valence-corrected chi connectivity index (χ4v) is 2.88. The molecule has 0 atom stereocenters. The van der Waals surface area contributed by atoms with E-state index in [1.165, 1.54) is 26.0 Å². The maximum absolute atomic E-state index is 14.5. The molecule has 0 bridgehead atoms. The van der Waals surface area contributed by atoms with Crippen LogP contribution in [0.15, 0.2) is 36.4 Å². The van der Waals surface area contributed by atoms with Gasteiger partial charge in [0, 0.05) is 11.1 Å². The van der Waals surface area contributed by atoms with Crippen LogP contribution in [0.5, 0.6) is 0 Å². The molecule has 0 unspecified atom stereocenters. The SMILES string of the molecule is Cc1ccc(C)c(C(F)(F)C(F)(F)C(F)(F)C(F)(F)c2cc(C)ccc2C)c1. The molecule has 0 aliphatic rings. The number of benzene rings is 2. The topological polar surface area (TPSA) is 0 Å². The monoisotopic (exact) mass is 410 g/mol. The summed E-state index contributed by atoms with van der Waals surface area (Å²) in [5.41, 5.74) is -3.48. The summed E-state index contributed by atoms with van der Waals surface area (Å²) in [6, 6.07) is 5.89. The first kappa shape index (κ1) is 22.2. The molecule has 0 aliphatic carbocycles. The van der Waals surface area contributed by atoms with Gasteiger partial charge in [-0.2, -0.15) is 35.1 Å². The highest BCUT2D eigenvalue weighted by molar-refractivity contribution is 5.39. The van der Waals surface area contributed by atoms with Gasteiger partial charge in [0.15, 0.2) is 0 Å². The lowest BCUT2D eigenvalue weighted by molar-refractivity contribution is -0.374. The van der Waals surface area contributed by atoms with Crippen molar-refractivity contribution in [2.45, 2.75) is 51.4 Å². The third-order valence-electron chi connectivity index (χ3n) is 4.65. The summed E-state index contributed by atoms with van der Waals surface area (Å²) in [6.45, 7) is 4.61. The van der Waals surface area contributed by atoms with Crippen molar-refractivity contribution in [3.63, 3.8) is 0 Å². The van der Waals surface area contributed by atoms with Gasteiger partial charge in [0.2, 0.25) is 0 Å². The predicted molar refractivity (Wildman–Crippen MR) is 89.5 cm³/mol. The molecule has 0 N–H and O–H groups in total. The normalized spacial score (nSPS) is 13.7. The average Bonchev–Trinajstić information content (AvgIpc) is 2.58. The molecule has 0 radical (unpaired) electrons. The summed E-state index contributed by atoms with van der Waals surface area (Å²) in [4.78, 5) is 0. The second-order valence-corrected chi connectivity index (χ2v) is 6.93. The van der Waals surface area contributed by atoms with Gasteiger partial charge in [-0.1, -0.05) is 35.4 Å². The van der Waals surface area contributed by atoms with Crippen LogP contribution in [0, 0.1) is 27.7 Å². The first-order chi connectivity index (χ1) is 12.6. The van der Waals surface area contributed by atoms with Gasteiger partial charge in [0.1, 0.15) is 0 Å². The summed E-state index contributed by atoms with van der Waals surface area (Å²) >= 11 is 0. The second kappa shape index (κ2) is 6.74. The highest BCUT2D eigenvalue weighted by Gasteiger charge is 2.81. The van der Waals surface area contributed by atoms with Crippen LogP contribution in [0.25, 0.3) is 0 Å². The lowest BCUT2D eigenvalue weighted by atomic mass is 9.86. The van der Waals surface area contributed by atoms with Crippen molar-refractivity contribution in [2.75, 3.05) is 0 Å². The predicted octanol–water partition coefficient (Wildman–Crippen LogP) is 7.07. The van der Waals surface area contributed by atoms with E-state index in [0.717, 1.165) is 26.0 Å². The summed E-state index contributed by atoms with van der Waals surface area (Å²) in [7, 11) is 0. The minimum absolute atomic E-state index is 0.0979. The van der Waals surface area contributed by atoms with Gasteiger partial charge in [-0.25, -0.2) is 0 Å². The highest BCUT2D eigenvalue weighted by Crippen LogP contribution is 2.59. The average molecular weight is 410 g/mol. The van der Waals surface area contributed by atoms with Crippen molar-refractivity contribution in [1.29, 1.82) is 0 Å². The number of hydrogen-bond acceptors (Lipinski definition) is 0. The molecule has 0 spiro atoms. The molecule has 28 heavy (non-hydrogen) atoms. The van der Waals surface area contributed by atoms with Gasteiger partial charge in [-0.05, 0) is 51.0 Å². The summed E-state index contributed by atoms with van der Waals surface area (Å²) in [5, 5.41) is 0. The zero-order valence-electron chi connectivity index (χ0n) is 15.5. The van der Waals surface area contributed by atoms with Crippen LogP contribution in [0.1, 0.15) is 33.4 Å². The molecule has 0 nitrogen and oxygen atoms in total. The minimum Gasteiger partial charge on any atom is -0.194 e. The van der Waals surface area contributed by atoms with Gasteiger partial charge in [0.05, 0.1) is 0 Å². The van der Waals surface area contributed by atoms with E-state index >= 15 is 0 Å². The molecule has 2 aromatic rings. The molecular formula is C20H18F8. The number of hydrogen-bond donors (Lipinski definition) is 0. The van der Waals surface area contributed by atoms with Crippen LogP contribution in [0.2, 0.25) is 0 Å². The van der Waals surface area contributed by atoms with E-state index in [-0.39, 0.29) is 11.1 Å². The minimum atomic E-state index is -6.36. The van der Waals surface area contributed by atoms with Gasteiger partial charge >= 0.3 is 23.7 Å². The fraction of sp³-hybridized carbons (Fsp3) is 0.400. The first-order valence-corrected chi connectivity index (χ1v) is 8.24. The Morgan fingerprint density at radius 3 is 1.07 bits per heavy atom. The van der Waals surface area contributed by atoms with Gasteiger partial charge in [-0.15, -0.1) is 0 Å². The summed E-state index contributed by atoms with van der Waals surface area (Å²) in [5.74, 6) is -23.8.